The molecule has 2 rings (SSSR count). The maximum absolute atomic E-state index is 12.4. The average molecular weight is 274 g/mol. The lowest BCUT2D eigenvalue weighted by molar-refractivity contribution is -0.135. The normalized spacial score (nSPS) is 17.2. The molecule has 0 fully saturated rings. The van der Waals surface area contributed by atoms with Crippen molar-refractivity contribution < 1.29 is 13.6 Å². The Morgan fingerprint density at radius 3 is 2.78 bits per heavy atom. The second kappa shape index (κ2) is 5.65. The molecule has 0 aliphatic heterocycles. The van der Waals surface area contributed by atoms with Crippen LogP contribution >= 0.6 is 11.6 Å². The summed E-state index contributed by atoms with van der Waals surface area (Å²) in [7, 11) is 0. The van der Waals surface area contributed by atoms with Crippen molar-refractivity contribution >= 4 is 17.5 Å². The van der Waals surface area contributed by atoms with Gasteiger partial charge in [0, 0.05) is 12.4 Å². The van der Waals surface area contributed by atoms with Crippen molar-refractivity contribution in [3.05, 3.63) is 35.4 Å². The Bertz CT molecular complexity index is 439. The molecule has 1 aromatic rings. The van der Waals surface area contributed by atoms with Gasteiger partial charge in [-0.15, -0.1) is 11.6 Å². The minimum absolute atomic E-state index is 0.170. The lowest BCUT2D eigenvalue weighted by atomic mass is 9.77. The second-order valence-corrected chi connectivity index (χ2v) is 4.70. The molecule has 18 heavy (non-hydrogen) atoms. The zero-order chi connectivity index (χ0) is 13.1. The fourth-order valence-electron chi connectivity index (χ4n) is 2.26. The third kappa shape index (κ3) is 2.64. The third-order valence-corrected chi connectivity index (χ3v) is 3.35. The molecule has 0 N–H and O–H groups in total. The van der Waals surface area contributed by atoms with E-state index in [1.807, 2.05) is 24.3 Å². The second-order valence-electron chi connectivity index (χ2n) is 4.32. The predicted octanol–water partition coefficient (Wildman–Crippen LogP) is 2.66. The predicted molar refractivity (Wildman–Crippen MR) is 66.2 cm³/mol. The van der Waals surface area contributed by atoms with Gasteiger partial charge in [0.25, 0.3) is 6.43 Å². The van der Waals surface area contributed by atoms with Crippen molar-refractivity contribution in [3.8, 4) is 0 Å². The number of hydrogen-bond donors (Lipinski definition) is 0. The van der Waals surface area contributed by atoms with Crippen molar-refractivity contribution in [1.29, 1.82) is 0 Å². The van der Waals surface area contributed by atoms with Crippen LogP contribution in [0.5, 0.6) is 0 Å². The van der Waals surface area contributed by atoms with Crippen molar-refractivity contribution in [3.63, 3.8) is 0 Å². The Hall–Kier alpha value is -1.16. The molecule has 0 radical (unpaired) electrons. The van der Waals surface area contributed by atoms with Crippen molar-refractivity contribution in [2.75, 3.05) is 19.0 Å². The molecular formula is C13H14ClF2NO. The molecule has 0 spiro atoms. The van der Waals surface area contributed by atoms with Crippen molar-refractivity contribution in [1.82, 2.24) is 4.90 Å². The number of amides is 1. The molecule has 1 amide bonds. The minimum Gasteiger partial charge on any atom is -0.335 e. The monoisotopic (exact) mass is 273 g/mol. The summed E-state index contributed by atoms with van der Waals surface area (Å²) in [6.07, 6.45) is -1.88. The van der Waals surface area contributed by atoms with Gasteiger partial charge in [-0.3, -0.25) is 4.79 Å². The number of alkyl halides is 3. The molecule has 0 saturated carbocycles. The van der Waals surface area contributed by atoms with Crippen LogP contribution in [0.2, 0.25) is 0 Å². The first kappa shape index (κ1) is 13.3. The number of nitrogens with zero attached hydrogens (tertiary/aromatic N) is 1. The van der Waals surface area contributed by atoms with E-state index in [4.69, 9.17) is 11.6 Å². The molecule has 1 atom stereocenters. The van der Waals surface area contributed by atoms with Crippen LogP contribution in [-0.2, 0) is 11.2 Å². The molecule has 5 heteroatoms. The summed E-state index contributed by atoms with van der Waals surface area (Å²) in [5, 5.41) is 0. The number of halogens is 3. The minimum atomic E-state index is -2.52. The molecule has 1 aliphatic carbocycles. The van der Waals surface area contributed by atoms with Crippen LogP contribution in [0.25, 0.3) is 0 Å². The van der Waals surface area contributed by atoms with Crippen LogP contribution in [0.3, 0.4) is 0 Å². The first-order valence-electron chi connectivity index (χ1n) is 5.84. The molecule has 1 unspecified atom stereocenters. The fraction of sp³-hybridized carbons (Fsp3) is 0.462. The van der Waals surface area contributed by atoms with Crippen LogP contribution in [0.1, 0.15) is 17.0 Å². The highest BCUT2D eigenvalue weighted by Crippen LogP contribution is 2.36. The summed E-state index contributed by atoms with van der Waals surface area (Å²) in [5.74, 6) is -0.342. The zero-order valence-corrected chi connectivity index (χ0v) is 10.5. The topological polar surface area (TPSA) is 20.3 Å². The highest BCUT2D eigenvalue weighted by molar-refractivity contribution is 6.18. The highest BCUT2D eigenvalue weighted by Gasteiger charge is 2.35. The smallest absolute Gasteiger partial charge is 0.255 e. The van der Waals surface area contributed by atoms with Crippen molar-refractivity contribution in [2.45, 2.75) is 18.8 Å². The number of fused-ring (bicyclic) bond motifs is 1. The van der Waals surface area contributed by atoms with E-state index in [1.165, 1.54) is 0 Å². The molecule has 0 bridgehead atoms. The number of hydrogen-bond acceptors (Lipinski definition) is 1. The van der Waals surface area contributed by atoms with Gasteiger partial charge in [-0.2, -0.15) is 0 Å². The van der Waals surface area contributed by atoms with E-state index in [1.54, 1.807) is 0 Å². The Morgan fingerprint density at radius 2 is 2.17 bits per heavy atom. The molecule has 0 heterocycles. The number of benzene rings is 1. The van der Waals surface area contributed by atoms with E-state index >= 15 is 0 Å². The fourth-order valence-corrected chi connectivity index (χ4v) is 2.46. The Kier molecular flexibility index (Phi) is 4.17. The van der Waals surface area contributed by atoms with Gasteiger partial charge in [-0.25, -0.2) is 8.78 Å². The largest absolute Gasteiger partial charge is 0.335 e. The summed E-state index contributed by atoms with van der Waals surface area (Å²) >= 11 is 5.55. The van der Waals surface area contributed by atoms with Crippen LogP contribution in [-0.4, -0.2) is 36.2 Å². The van der Waals surface area contributed by atoms with Gasteiger partial charge in [0.1, 0.15) is 0 Å². The van der Waals surface area contributed by atoms with E-state index in [-0.39, 0.29) is 24.2 Å². The van der Waals surface area contributed by atoms with E-state index in [9.17, 15) is 13.6 Å². The van der Waals surface area contributed by atoms with Gasteiger partial charge < -0.3 is 4.90 Å². The Morgan fingerprint density at radius 1 is 1.44 bits per heavy atom. The van der Waals surface area contributed by atoms with E-state index < -0.39 is 13.0 Å². The molecule has 98 valence electrons. The summed E-state index contributed by atoms with van der Waals surface area (Å²) < 4.78 is 24.8. The first-order valence-corrected chi connectivity index (χ1v) is 6.37. The van der Waals surface area contributed by atoms with Crippen LogP contribution < -0.4 is 0 Å². The SMILES string of the molecule is O=C(C1Cc2ccccc21)N(CCCl)CC(F)F. The Balaban J connectivity index is 2.07. The summed E-state index contributed by atoms with van der Waals surface area (Å²) in [4.78, 5) is 13.3. The van der Waals surface area contributed by atoms with Crippen molar-refractivity contribution in [2.24, 2.45) is 0 Å². The summed E-state index contributed by atoms with van der Waals surface area (Å²) in [6, 6.07) is 7.60. The number of carbonyl (C=O) groups excluding carboxylic acids is 1. The van der Waals surface area contributed by atoms with Gasteiger partial charge in [0.05, 0.1) is 12.5 Å². The zero-order valence-electron chi connectivity index (χ0n) is 9.78. The van der Waals surface area contributed by atoms with E-state index in [0.717, 1.165) is 16.0 Å². The van der Waals surface area contributed by atoms with E-state index in [2.05, 4.69) is 0 Å². The molecule has 1 aliphatic rings. The first-order chi connectivity index (χ1) is 8.63. The standard InChI is InChI=1S/C13H14ClF2NO/c14-5-6-17(8-12(15)16)13(18)11-7-9-3-1-2-4-10(9)11/h1-4,11-12H,5-8H2. The maximum atomic E-state index is 12.4. The third-order valence-electron chi connectivity index (χ3n) is 3.18. The van der Waals surface area contributed by atoms with Gasteiger partial charge in [0.2, 0.25) is 5.91 Å². The summed E-state index contributed by atoms with van der Waals surface area (Å²) in [5.41, 5.74) is 2.08. The quantitative estimate of drug-likeness (QED) is 0.756. The lowest BCUT2D eigenvalue weighted by Gasteiger charge is -2.33. The van der Waals surface area contributed by atoms with Gasteiger partial charge in [0.15, 0.2) is 0 Å². The van der Waals surface area contributed by atoms with Crippen LogP contribution in [0.4, 0.5) is 8.78 Å². The van der Waals surface area contributed by atoms with Gasteiger partial charge >= 0.3 is 0 Å². The lowest BCUT2D eigenvalue weighted by Crippen LogP contribution is -2.42. The molecular weight excluding hydrogens is 260 g/mol. The average Bonchev–Trinajstić information content (AvgIpc) is 2.29. The number of carbonyl (C=O) groups is 1. The maximum Gasteiger partial charge on any atom is 0.255 e. The van der Waals surface area contributed by atoms with Gasteiger partial charge in [-0.1, -0.05) is 24.3 Å². The molecule has 2 nitrogen and oxygen atoms in total. The highest BCUT2D eigenvalue weighted by atomic mass is 35.5. The molecule has 1 aromatic carbocycles. The summed E-state index contributed by atoms with van der Waals surface area (Å²) in [6.45, 7) is -0.367. The van der Waals surface area contributed by atoms with Crippen LogP contribution in [0, 0.1) is 0 Å². The molecule has 0 aromatic heterocycles. The number of rotatable bonds is 5. The van der Waals surface area contributed by atoms with Gasteiger partial charge in [-0.05, 0) is 17.5 Å². The molecule has 0 saturated heterocycles. The Labute approximate surface area is 110 Å². The van der Waals surface area contributed by atoms with Crippen LogP contribution in [0.15, 0.2) is 24.3 Å². The van der Waals surface area contributed by atoms with E-state index in [0.29, 0.717) is 6.42 Å².